The second-order valence-corrected chi connectivity index (χ2v) is 9.89. The zero-order valence-corrected chi connectivity index (χ0v) is 16.8. The van der Waals surface area contributed by atoms with Gasteiger partial charge in [-0.1, -0.05) is 33.3 Å². The van der Waals surface area contributed by atoms with Gasteiger partial charge in [-0.15, -0.1) is 0 Å². The number of hydrogen-bond acceptors (Lipinski definition) is 3. The van der Waals surface area contributed by atoms with Gasteiger partial charge in [0, 0.05) is 37.9 Å². The van der Waals surface area contributed by atoms with Gasteiger partial charge in [0.25, 0.3) is 0 Å². The molecule has 0 radical (unpaired) electrons. The van der Waals surface area contributed by atoms with Crippen LogP contribution in [0, 0.1) is 18.8 Å². The van der Waals surface area contributed by atoms with Crippen molar-refractivity contribution in [2.24, 2.45) is 11.8 Å². The molecule has 2 aliphatic carbocycles. The van der Waals surface area contributed by atoms with Gasteiger partial charge < -0.3 is 4.90 Å². The van der Waals surface area contributed by atoms with Gasteiger partial charge >= 0.3 is 0 Å². The fourth-order valence-electron chi connectivity index (χ4n) is 5.58. The molecular formula is C22H35N3. The second kappa shape index (κ2) is 6.26. The number of rotatable bonds is 2. The number of nitrogens with zero attached hydrogens (tertiary/aromatic N) is 3. The summed E-state index contributed by atoms with van der Waals surface area (Å²) in [4.78, 5) is 10.2. The fourth-order valence-corrected chi connectivity index (χ4v) is 5.58. The topological polar surface area (TPSA) is 19.4 Å². The summed E-state index contributed by atoms with van der Waals surface area (Å²) < 4.78 is 0. The maximum Gasteiger partial charge on any atom is 0.131 e. The van der Waals surface area contributed by atoms with E-state index in [9.17, 15) is 0 Å². The SMILES string of the molecule is Cc1cc(C(C)(C)C)cnc1N1CCN([C@H]2CC3CCC2C3)[C@@H](C)C1. The Kier molecular flexibility index (Phi) is 4.34. The van der Waals surface area contributed by atoms with E-state index >= 15 is 0 Å². The van der Waals surface area contributed by atoms with Gasteiger partial charge in [0.2, 0.25) is 0 Å². The lowest BCUT2D eigenvalue weighted by atomic mass is 9.87. The summed E-state index contributed by atoms with van der Waals surface area (Å²) in [6, 6.07) is 3.85. The lowest BCUT2D eigenvalue weighted by Gasteiger charge is -2.46. The van der Waals surface area contributed by atoms with E-state index in [0.29, 0.717) is 6.04 Å². The number of hydrogen-bond donors (Lipinski definition) is 0. The van der Waals surface area contributed by atoms with Crippen LogP contribution in [0.25, 0.3) is 0 Å². The first-order valence-corrected chi connectivity index (χ1v) is 10.3. The van der Waals surface area contributed by atoms with Gasteiger partial charge in [-0.2, -0.15) is 0 Å². The second-order valence-electron chi connectivity index (χ2n) is 9.89. The van der Waals surface area contributed by atoms with Crippen LogP contribution in [0.4, 0.5) is 5.82 Å². The number of anilines is 1. The van der Waals surface area contributed by atoms with Crippen LogP contribution in [0.1, 0.15) is 64.5 Å². The highest BCUT2D eigenvalue weighted by Crippen LogP contribution is 2.47. The van der Waals surface area contributed by atoms with E-state index in [4.69, 9.17) is 4.98 Å². The van der Waals surface area contributed by atoms with Crippen LogP contribution >= 0.6 is 0 Å². The van der Waals surface area contributed by atoms with E-state index in [-0.39, 0.29) is 5.41 Å². The smallest absolute Gasteiger partial charge is 0.131 e. The van der Waals surface area contributed by atoms with Gasteiger partial charge in [-0.05, 0) is 61.5 Å². The molecule has 2 bridgehead atoms. The predicted molar refractivity (Wildman–Crippen MR) is 105 cm³/mol. The van der Waals surface area contributed by atoms with E-state index in [1.165, 1.54) is 49.2 Å². The van der Waals surface area contributed by atoms with Gasteiger partial charge in [0.15, 0.2) is 0 Å². The molecule has 3 aliphatic rings. The van der Waals surface area contributed by atoms with E-state index in [1.807, 2.05) is 0 Å². The first-order chi connectivity index (χ1) is 11.8. The number of aromatic nitrogens is 1. The third kappa shape index (κ3) is 3.20. The van der Waals surface area contributed by atoms with Crippen molar-refractivity contribution in [2.45, 2.75) is 77.8 Å². The quantitative estimate of drug-likeness (QED) is 0.795. The lowest BCUT2D eigenvalue weighted by molar-refractivity contribution is 0.0899. The molecule has 138 valence electrons. The molecule has 1 aliphatic heterocycles. The summed E-state index contributed by atoms with van der Waals surface area (Å²) in [7, 11) is 0. The zero-order chi connectivity index (χ0) is 17.8. The molecule has 0 N–H and O–H groups in total. The van der Waals surface area contributed by atoms with Crippen molar-refractivity contribution in [3.63, 3.8) is 0 Å². The Labute approximate surface area is 153 Å². The number of piperazine rings is 1. The fraction of sp³-hybridized carbons (Fsp3) is 0.773. The summed E-state index contributed by atoms with van der Waals surface area (Å²) >= 11 is 0. The zero-order valence-electron chi connectivity index (χ0n) is 16.8. The van der Waals surface area contributed by atoms with Crippen molar-refractivity contribution in [1.82, 2.24) is 9.88 Å². The minimum Gasteiger partial charge on any atom is -0.354 e. The highest BCUT2D eigenvalue weighted by atomic mass is 15.3. The summed E-state index contributed by atoms with van der Waals surface area (Å²) in [6.07, 6.45) is 8.05. The Morgan fingerprint density at radius 3 is 2.48 bits per heavy atom. The molecule has 0 spiro atoms. The third-order valence-corrected chi connectivity index (χ3v) is 7.02. The van der Waals surface area contributed by atoms with E-state index in [1.54, 1.807) is 0 Å². The molecule has 3 nitrogen and oxygen atoms in total. The van der Waals surface area contributed by atoms with Crippen LogP contribution in [0.3, 0.4) is 0 Å². The van der Waals surface area contributed by atoms with E-state index in [2.05, 4.69) is 56.7 Å². The first-order valence-electron chi connectivity index (χ1n) is 10.3. The lowest BCUT2D eigenvalue weighted by Crippen LogP contribution is -2.56. The number of aryl methyl sites for hydroxylation is 1. The summed E-state index contributed by atoms with van der Waals surface area (Å²) in [6.45, 7) is 14.9. The van der Waals surface area contributed by atoms with E-state index in [0.717, 1.165) is 31.0 Å². The molecule has 2 heterocycles. The predicted octanol–water partition coefficient (Wildman–Crippen LogP) is 4.39. The van der Waals surface area contributed by atoms with E-state index < -0.39 is 0 Å². The summed E-state index contributed by atoms with van der Waals surface area (Å²) in [5, 5.41) is 0. The monoisotopic (exact) mass is 341 g/mol. The molecule has 1 aromatic heterocycles. The molecule has 3 fully saturated rings. The van der Waals surface area contributed by atoms with Crippen LogP contribution in [-0.2, 0) is 5.41 Å². The molecule has 1 saturated heterocycles. The first kappa shape index (κ1) is 17.3. The normalized spacial score (nSPS) is 33.2. The molecule has 2 unspecified atom stereocenters. The Bertz CT molecular complexity index is 633. The molecule has 1 aromatic rings. The Morgan fingerprint density at radius 2 is 1.92 bits per heavy atom. The van der Waals surface area contributed by atoms with Gasteiger partial charge in [0.05, 0.1) is 0 Å². The Balaban J connectivity index is 1.46. The maximum absolute atomic E-state index is 4.87. The molecule has 4 rings (SSSR count). The molecule has 0 amide bonds. The molecule has 0 aromatic carbocycles. The molecule has 25 heavy (non-hydrogen) atoms. The van der Waals surface area contributed by atoms with Crippen molar-refractivity contribution < 1.29 is 0 Å². The average Bonchev–Trinajstić information content (AvgIpc) is 3.17. The average molecular weight is 342 g/mol. The van der Waals surface area contributed by atoms with Crippen molar-refractivity contribution in [3.05, 3.63) is 23.4 Å². The standard InChI is InChI=1S/C22H35N3/c1-15-10-19(22(3,4)5)13-23-21(15)24-8-9-25(16(2)14-24)20-12-17-6-7-18(20)11-17/h10,13,16-18,20H,6-9,11-12,14H2,1-5H3/t16-,17?,18?,20-/m0/s1. The Morgan fingerprint density at radius 1 is 1.12 bits per heavy atom. The molecule has 3 heteroatoms. The van der Waals surface area contributed by atoms with Gasteiger partial charge in [-0.3, -0.25) is 4.90 Å². The number of pyridine rings is 1. The minimum absolute atomic E-state index is 0.171. The van der Waals surface area contributed by atoms with Crippen LogP contribution in [0.15, 0.2) is 12.3 Å². The molecular weight excluding hydrogens is 306 g/mol. The number of fused-ring (bicyclic) bond motifs is 2. The largest absolute Gasteiger partial charge is 0.354 e. The highest BCUT2D eigenvalue weighted by Gasteiger charge is 2.44. The summed E-state index contributed by atoms with van der Waals surface area (Å²) in [5.41, 5.74) is 2.83. The molecule has 2 saturated carbocycles. The van der Waals surface area contributed by atoms with Crippen molar-refractivity contribution in [3.8, 4) is 0 Å². The maximum atomic E-state index is 4.87. The highest BCUT2D eigenvalue weighted by molar-refractivity contribution is 5.49. The van der Waals surface area contributed by atoms with Crippen molar-refractivity contribution in [2.75, 3.05) is 24.5 Å². The van der Waals surface area contributed by atoms with Gasteiger partial charge in [-0.25, -0.2) is 4.98 Å². The van der Waals surface area contributed by atoms with Crippen LogP contribution < -0.4 is 4.90 Å². The van der Waals surface area contributed by atoms with Crippen LogP contribution in [0.2, 0.25) is 0 Å². The van der Waals surface area contributed by atoms with Crippen LogP contribution in [-0.4, -0.2) is 41.6 Å². The van der Waals surface area contributed by atoms with Gasteiger partial charge in [0.1, 0.15) is 5.82 Å². The minimum atomic E-state index is 0.171. The van der Waals surface area contributed by atoms with Crippen molar-refractivity contribution in [1.29, 1.82) is 0 Å². The summed E-state index contributed by atoms with van der Waals surface area (Å²) in [5.74, 6) is 3.23. The van der Waals surface area contributed by atoms with Crippen molar-refractivity contribution >= 4 is 5.82 Å². The Hall–Kier alpha value is -1.09. The third-order valence-electron chi connectivity index (χ3n) is 7.02. The van der Waals surface area contributed by atoms with Crippen LogP contribution in [0.5, 0.6) is 0 Å². The molecule has 4 atom stereocenters.